The van der Waals surface area contributed by atoms with Crippen LogP contribution in [-0.4, -0.2) is 29.2 Å². The number of urea groups is 1. The zero-order valence-corrected chi connectivity index (χ0v) is 14.0. The molecule has 0 radical (unpaired) electrons. The molecule has 25 heavy (non-hydrogen) atoms. The number of imide groups is 1. The molecule has 1 fully saturated rings. The summed E-state index contributed by atoms with van der Waals surface area (Å²) in [7, 11) is 0. The van der Waals surface area contributed by atoms with Crippen molar-refractivity contribution in [2.45, 2.75) is 18.4 Å². The molecule has 1 heterocycles. The molecule has 5 nitrogen and oxygen atoms in total. The number of amides is 3. The Labute approximate surface area is 149 Å². The van der Waals surface area contributed by atoms with Gasteiger partial charge < -0.3 is 5.32 Å². The zero-order chi connectivity index (χ0) is 17.6. The maximum Gasteiger partial charge on any atom is 0.325 e. The fourth-order valence-corrected chi connectivity index (χ4v) is 3.73. The van der Waals surface area contributed by atoms with E-state index in [0.717, 1.165) is 22.4 Å². The molecular formula is C19H15ClN2O3. The van der Waals surface area contributed by atoms with Crippen LogP contribution in [0.1, 0.15) is 27.9 Å². The fourth-order valence-electron chi connectivity index (χ4n) is 3.60. The lowest BCUT2D eigenvalue weighted by molar-refractivity contribution is -0.131. The van der Waals surface area contributed by atoms with Crippen molar-refractivity contribution in [2.75, 3.05) is 6.54 Å². The number of halogens is 1. The third-order valence-corrected chi connectivity index (χ3v) is 5.14. The van der Waals surface area contributed by atoms with Crippen LogP contribution in [0.3, 0.4) is 0 Å². The van der Waals surface area contributed by atoms with E-state index in [4.69, 9.17) is 11.6 Å². The van der Waals surface area contributed by atoms with Gasteiger partial charge in [-0.25, -0.2) is 4.79 Å². The van der Waals surface area contributed by atoms with Crippen LogP contribution in [0.2, 0.25) is 5.02 Å². The van der Waals surface area contributed by atoms with Gasteiger partial charge in [-0.15, -0.1) is 0 Å². The number of aryl methyl sites for hydroxylation is 1. The summed E-state index contributed by atoms with van der Waals surface area (Å²) in [5.41, 5.74) is 1.27. The van der Waals surface area contributed by atoms with E-state index in [1.54, 1.807) is 24.3 Å². The van der Waals surface area contributed by atoms with Gasteiger partial charge in [0.2, 0.25) is 0 Å². The van der Waals surface area contributed by atoms with Gasteiger partial charge in [-0.1, -0.05) is 35.9 Å². The first kappa shape index (κ1) is 15.8. The molecule has 2 aliphatic rings. The van der Waals surface area contributed by atoms with E-state index >= 15 is 0 Å². The molecule has 0 unspecified atom stereocenters. The Morgan fingerprint density at radius 3 is 2.60 bits per heavy atom. The van der Waals surface area contributed by atoms with Crippen LogP contribution in [-0.2, 0) is 16.8 Å². The molecule has 1 aliphatic heterocycles. The van der Waals surface area contributed by atoms with Gasteiger partial charge in [0.1, 0.15) is 5.54 Å². The molecule has 126 valence electrons. The van der Waals surface area contributed by atoms with Crippen LogP contribution < -0.4 is 5.32 Å². The highest BCUT2D eigenvalue weighted by Crippen LogP contribution is 2.41. The van der Waals surface area contributed by atoms with Crippen molar-refractivity contribution in [2.24, 2.45) is 0 Å². The number of benzene rings is 2. The molecule has 6 heteroatoms. The monoisotopic (exact) mass is 354 g/mol. The summed E-state index contributed by atoms with van der Waals surface area (Å²) in [6, 6.07) is 13.5. The Morgan fingerprint density at radius 2 is 1.84 bits per heavy atom. The van der Waals surface area contributed by atoms with Crippen molar-refractivity contribution in [1.29, 1.82) is 0 Å². The van der Waals surface area contributed by atoms with Crippen molar-refractivity contribution >= 4 is 29.3 Å². The van der Waals surface area contributed by atoms with E-state index < -0.39 is 11.6 Å². The van der Waals surface area contributed by atoms with Gasteiger partial charge in [-0.2, -0.15) is 0 Å². The van der Waals surface area contributed by atoms with Crippen molar-refractivity contribution in [3.05, 3.63) is 70.2 Å². The van der Waals surface area contributed by atoms with Gasteiger partial charge in [0.15, 0.2) is 5.78 Å². The molecule has 1 N–H and O–H groups in total. The number of ketones is 1. The summed E-state index contributed by atoms with van der Waals surface area (Å²) in [5, 5.41) is 3.34. The van der Waals surface area contributed by atoms with Crippen LogP contribution in [0.25, 0.3) is 0 Å². The van der Waals surface area contributed by atoms with Gasteiger partial charge in [0.25, 0.3) is 5.91 Å². The minimum atomic E-state index is -1.03. The molecule has 0 bridgehead atoms. The summed E-state index contributed by atoms with van der Waals surface area (Å²) < 4.78 is 0. The lowest BCUT2D eigenvalue weighted by Crippen LogP contribution is -2.42. The highest BCUT2D eigenvalue weighted by molar-refractivity contribution is 6.30. The predicted octanol–water partition coefficient (Wildman–Crippen LogP) is 2.92. The summed E-state index contributed by atoms with van der Waals surface area (Å²) in [5.74, 6) is -0.659. The molecular weight excluding hydrogens is 340 g/mol. The SMILES string of the molecule is O=C(CN1C(=O)N[C@]2(CCc3ccccc32)C1=O)c1ccc(Cl)cc1. The van der Waals surface area contributed by atoms with Crippen LogP contribution in [0.15, 0.2) is 48.5 Å². The number of rotatable bonds is 3. The Balaban J connectivity index is 1.61. The second-order valence-electron chi connectivity index (χ2n) is 6.31. The first-order chi connectivity index (χ1) is 12.0. The van der Waals surface area contributed by atoms with Gasteiger partial charge in [0.05, 0.1) is 6.54 Å². The number of hydrogen-bond acceptors (Lipinski definition) is 3. The largest absolute Gasteiger partial charge is 0.325 e. The van der Waals surface area contributed by atoms with Gasteiger partial charge in [-0.05, 0) is 48.2 Å². The van der Waals surface area contributed by atoms with Crippen LogP contribution in [0, 0.1) is 0 Å². The summed E-state index contributed by atoms with van der Waals surface area (Å²) in [6.07, 6.45) is 1.24. The van der Waals surface area contributed by atoms with E-state index in [1.165, 1.54) is 0 Å². The van der Waals surface area contributed by atoms with Crippen LogP contribution in [0.5, 0.6) is 0 Å². The molecule has 3 amide bonds. The zero-order valence-electron chi connectivity index (χ0n) is 13.3. The quantitative estimate of drug-likeness (QED) is 0.680. The Hall–Kier alpha value is -2.66. The fraction of sp³-hybridized carbons (Fsp3) is 0.211. The molecule has 1 aliphatic carbocycles. The predicted molar refractivity (Wildman–Crippen MR) is 92.5 cm³/mol. The molecule has 2 aromatic rings. The average Bonchev–Trinajstić information content (AvgIpc) is 3.09. The number of carbonyl (C=O) groups is 3. The highest BCUT2D eigenvalue weighted by atomic mass is 35.5. The van der Waals surface area contributed by atoms with Crippen LogP contribution >= 0.6 is 11.6 Å². The first-order valence-electron chi connectivity index (χ1n) is 8.02. The Morgan fingerprint density at radius 1 is 1.12 bits per heavy atom. The van der Waals surface area contributed by atoms with Crippen LogP contribution in [0.4, 0.5) is 4.79 Å². The second kappa shape index (κ2) is 5.70. The maximum absolute atomic E-state index is 13.0. The van der Waals surface area contributed by atoms with E-state index in [1.807, 2.05) is 24.3 Å². The number of Topliss-reactive ketones (excluding diaryl/α,β-unsaturated/α-hetero) is 1. The smallest absolute Gasteiger partial charge is 0.319 e. The van der Waals surface area contributed by atoms with Crippen molar-refractivity contribution in [1.82, 2.24) is 10.2 Å². The Bertz CT molecular complexity index is 894. The second-order valence-corrected chi connectivity index (χ2v) is 6.75. The number of hydrogen-bond donors (Lipinski definition) is 1. The lowest BCUT2D eigenvalue weighted by atomic mass is 9.92. The lowest BCUT2D eigenvalue weighted by Gasteiger charge is -2.22. The number of carbonyl (C=O) groups excluding carboxylic acids is 3. The first-order valence-corrected chi connectivity index (χ1v) is 8.40. The molecule has 1 saturated heterocycles. The molecule has 1 atom stereocenters. The molecule has 0 saturated carbocycles. The minimum absolute atomic E-state index is 0.282. The molecule has 4 rings (SSSR count). The van der Waals surface area contributed by atoms with E-state index in [0.29, 0.717) is 17.0 Å². The minimum Gasteiger partial charge on any atom is -0.319 e. The van der Waals surface area contributed by atoms with Crippen molar-refractivity contribution < 1.29 is 14.4 Å². The summed E-state index contributed by atoms with van der Waals surface area (Å²) in [6.45, 7) is -0.282. The summed E-state index contributed by atoms with van der Waals surface area (Å²) >= 11 is 5.82. The van der Waals surface area contributed by atoms with Gasteiger partial charge >= 0.3 is 6.03 Å². The molecule has 1 spiro atoms. The third kappa shape index (κ3) is 2.43. The standard InChI is InChI=1S/C19H15ClN2O3/c20-14-7-5-13(6-8-14)16(23)11-22-17(24)19(21-18(22)25)10-9-12-3-1-2-4-15(12)19/h1-8H,9-11H2,(H,21,25)/t19-/m0/s1. The average molecular weight is 355 g/mol. The van der Waals surface area contributed by atoms with E-state index in [2.05, 4.69) is 5.32 Å². The molecule has 0 aromatic heterocycles. The number of nitrogens with one attached hydrogen (secondary N) is 1. The Kier molecular flexibility index (Phi) is 3.62. The van der Waals surface area contributed by atoms with Crippen molar-refractivity contribution in [3.8, 4) is 0 Å². The van der Waals surface area contributed by atoms with E-state index in [9.17, 15) is 14.4 Å². The normalized spacial score (nSPS) is 21.6. The van der Waals surface area contributed by atoms with E-state index in [-0.39, 0.29) is 18.2 Å². The third-order valence-electron chi connectivity index (χ3n) is 4.89. The maximum atomic E-state index is 13.0. The summed E-state index contributed by atoms with van der Waals surface area (Å²) in [4.78, 5) is 38.8. The number of nitrogens with zero attached hydrogens (tertiary/aromatic N) is 1. The number of fused-ring (bicyclic) bond motifs is 2. The van der Waals surface area contributed by atoms with Gasteiger partial charge in [-0.3, -0.25) is 14.5 Å². The van der Waals surface area contributed by atoms with Gasteiger partial charge in [0, 0.05) is 10.6 Å². The highest BCUT2D eigenvalue weighted by Gasteiger charge is 2.55. The van der Waals surface area contributed by atoms with Crippen molar-refractivity contribution in [3.63, 3.8) is 0 Å². The topological polar surface area (TPSA) is 66.5 Å². The molecule has 2 aromatic carbocycles.